The number of hydrogen-bond acceptors (Lipinski definition) is 6. The molecule has 3 aromatic rings. The first-order valence-electron chi connectivity index (χ1n) is 7.61. The highest BCUT2D eigenvalue weighted by molar-refractivity contribution is 6.40. The molecule has 140 valence electrons. The second-order valence-electron chi connectivity index (χ2n) is 5.41. The summed E-state index contributed by atoms with van der Waals surface area (Å²) in [5.41, 5.74) is 0.763. The van der Waals surface area contributed by atoms with Crippen LogP contribution in [0.4, 0.5) is 17.2 Å². The van der Waals surface area contributed by atoms with Gasteiger partial charge in [-0.1, -0.05) is 34.8 Å². The first-order valence-corrected chi connectivity index (χ1v) is 8.75. The molecule has 7 nitrogen and oxygen atoms in total. The van der Waals surface area contributed by atoms with E-state index in [1.54, 1.807) is 24.3 Å². The van der Waals surface area contributed by atoms with E-state index in [4.69, 9.17) is 44.8 Å². The molecule has 3 rings (SSSR count). The zero-order valence-electron chi connectivity index (χ0n) is 13.8. The van der Waals surface area contributed by atoms with Crippen LogP contribution in [0, 0.1) is 21.4 Å². The number of pyridine rings is 1. The predicted molar refractivity (Wildman–Crippen MR) is 107 cm³/mol. The summed E-state index contributed by atoms with van der Waals surface area (Å²) in [5, 5.41) is 23.7. The summed E-state index contributed by atoms with van der Waals surface area (Å²) in [5.74, 6) is 0.208. The van der Waals surface area contributed by atoms with Gasteiger partial charge in [0.1, 0.15) is 12.0 Å². The molecule has 0 fully saturated rings. The number of aromatic nitrogens is 1. The lowest BCUT2D eigenvalue weighted by atomic mass is 10.2. The zero-order chi connectivity index (χ0) is 20.3. The van der Waals surface area contributed by atoms with Crippen molar-refractivity contribution in [2.75, 3.05) is 5.32 Å². The van der Waals surface area contributed by atoms with Crippen LogP contribution in [0.25, 0.3) is 0 Å². The maximum atomic E-state index is 11.3. The Bertz CT molecular complexity index is 1080. The van der Waals surface area contributed by atoms with Gasteiger partial charge in [-0.3, -0.25) is 10.1 Å². The summed E-state index contributed by atoms with van der Waals surface area (Å²) in [7, 11) is 0. The van der Waals surface area contributed by atoms with Gasteiger partial charge in [0.05, 0.1) is 26.6 Å². The van der Waals surface area contributed by atoms with Gasteiger partial charge >= 0.3 is 5.69 Å². The van der Waals surface area contributed by atoms with Crippen LogP contribution in [-0.2, 0) is 0 Å². The molecule has 0 radical (unpaired) electrons. The molecule has 1 N–H and O–H groups in total. The highest BCUT2D eigenvalue weighted by atomic mass is 35.5. The standard InChI is InChI=1S/C18H9Cl3N4O3/c19-11-5-13(20)18(14(21)6-11)28-16-7-17(23-9-15(16)25(26)27)24-12-3-1-10(8-22)2-4-12/h1-7,9H,(H,23,24). The lowest BCUT2D eigenvalue weighted by Gasteiger charge is -2.12. The zero-order valence-corrected chi connectivity index (χ0v) is 16.1. The van der Waals surface area contributed by atoms with Crippen molar-refractivity contribution in [1.82, 2.24) is 4.98 Å². The fourth-order valence-corrected chi connectivity index (χ4v) is 3.12. The first kappa shape index (κ1) is 19.7. The van der Waals surface area contributed by atoms with E-state index in [2.05, 4.69) is 10.3 Å². The number of benzene rings is 2. The van der Waals surface area contributed by atoms with E-state index in [1.807, 2.05) is 6.07 Å². The van der Waals surface area contributed by atoms with Crippen molar-refractivity contribution in [3.63, 3.8) is 0 Å². The van der Waals surface area contributed by atoms with E-state index in [1.165, 1.54) is 18.2 Å². The maximum Gasteiger partial charge on any atom is 0.329 e. The van der Waals surface area contributed by atoms with Crippen LogP contribution in [0.3, 0.4) is 0 Å². The molecule has 0 aliphatic heterocycles. The number of nitro groups is 1. The fourth-order valence-electron chi connectivity index (χ4n) is 2.23. The van der Waals surface area contributed by atoms with Gasteiger partial charge in [-0.25, -0.2) is 4.98 Å². The van der Waals surface area contributed by atoms with E-state index in [-0.39, 0.29) is 33.0 Å². The number of rotatable bonds is 5. The Labute approximate surface area is 174 Å². The quantitative estimate of drug-likeness (QED) is 0.370. The molecule has 0 unspecified atom stereocenters. The van der Waals surface area contributed by atoms with Gasteiger partial charge in [-0.15, -0.1) is 0 Å². The lowest BCUT2D eigenvalue weighted by Crippen LogP contribution is -1.99. The summed E-state index contributed by atoms with van der Waals surface area (Å²) < 4.78 is 5.61. The monoisotopic (exact) mass is 434 g/mol. The van der Waals surface area contributed by atoms with Crippen LogP contribution in [-0.4, -0.2) is 9.91 Å². The Kier molecular flexibility index (Phi) is 5.85. The van der Waals surface area contributed by atoms with E-state index < -0.39 is 4.92 Å². The molecule has 2 aromatic carbocycles. The summed E-state index contributed by atoms with van der Waals surface area (Å²) in [6.45, 7) is 0. The summed E-state index contributed by atoms with van der Waals surface area (Å²) in [6.07, 6.45) is 1.05. The van der Waals surface area contributed by atoms with Crippen LogP contribution in [0.1, 0.15) is 5.56 Å². The smallest absolute Gasteiger partial charge is 0.329 e. The Hall–Kier alpha value is -3.05. The van der Waals surface area contributed by atoms with Crippen molar-refractivity contribution in [3.8, 4) is 17.6 Å². The Morgan fingerprint density at radius 1 is 1.11 bits per heavy atom. The molecule has 28 heavy (non-hydrogen) atoms. The van der Waals surface area contributed by atoms with Crippen molar-refractivity contribution in [2.24, 2.45) is 0 Å². The molecule has 0 saturated heterocycles. The molecule has 0 aliphatic carbocycles. The number of halogens is 3. The van der Waals surface area contributed by atoms with Gasteiger partial charge < -0.3 is 10.1 Å². The number of hydrogen-bond donors (Lipinski definition) is 1. The molecule has 10 heteroatoms. The van der Waals surface area contributed by atoms with Crippen molar-refractivity contribution >= 4 is 52.0 Å². The highest BCUT2D eigenvalue weighted by Crippen LogP contribution is 2.41. The molecular weight excluding hydrogens is 427 g/mol. The largest absolute Gasteiger partial charge is 0.447 e. The Morgan fingerprint density at radius 2 is 1.75 bits per heavy atom. The second kappa shape index (κ2) is 8.31. The second-order valence-corrected chi connectivity index (χ2v) is 6.66. The maximum absolute atomic E-state index is 11.3. The molecule has 1 aromatic heterocycles. The molecule has 0 aliphatic rings. The minimum absolute atomic E-state index is 0.0337. The minimum Gasteiger partial charge on any atom is -0.447 e. The Morgan fingerprint density at radius 3 is 2.32 bits per heavy atom. The molecule has 0 amide bonds. The third-order valence-electron chi connectivity index (χ3n) is 3.50. The van der Waals surface area contributed by atoms with Crippen LogP contribution < -0.4 is 10.1 Å². The molecule has 1 heterocycles. The number of nitrogens with one attached hydrogen (secondary N) is 1. The normalized spacial score (nSPS) is 10.2. The van der Waals surface area contributed by atoms with Gasteiger partial charge in [0.15, 0.2) is 5.75 Å². The summed E-state index contributed by atoms with van der Waals surface area (Å²) >= 11 is 18.1. The van der Waals surface area contributed by atoms with Crippen LogP contribution in [0.2, 0.25) is 15.1 Å². The molecular formula is C18H9Cl3N4O3. The fraction of sp³-hybridized carbons (Fsp3) is 0. The topological polar surface area (TPSA) is 101 Å². The molecule has 0 spiro atoms. The minimum atomic E-state index is -0.633. The number of nitriles is 1. The van der Waals surface area contributed by atoms with Crippen LogP contribution >= 0.6 is 34.8 Å². The van der Waals surface area contributed by atoms with Crippen molar-refractivity contribution in [3.05, 3.63) is 79.4 Å². The van der Waals surface area contributed by atoms with E-state index in [0.717, 1.165) is 6.20 Å². The van der Waals surface area contributed by atoms with Gasteiger partial charge in [0.2, 0.25) is 5.75 Å². The highest BCUT2D eigenvalue weighted by Gasteiger charge is 2.20. The van der Waals surface area contributed by atoms with Gasteiger partial charge in [0, 0.05) is 16.8 Å². The number of nitrogens with zero attached hydrogens (tertiary/aromatic N) is 3. The van der Waals surface area contributed by atoms with E-state index in [9.17, 15) is 10.1 Å². The van der Waals surface area contributed by atoms with Gasteiger partial charge in [-0.2, -0.15) is 5.26 Å². The lowest BCUT2D eigenvalue weighted by molar-refractivity contribution is -0.385. The molecule has 0 bridgehead atoms. The average molecular weight is 436 g/mol. The predicted octanol–water partition coefficient (Wildman–Crippen LogP) is 6.36. The number of anilines is 2. The first-order chi connectivity index (χ1) is 13.4. The Balaban J connectivity index is 1.96. The van der Waals surface area contributed by atoms with Crippen molar-refractivity contribution in [2.45, 2.75) is 0 Å². The third-order valence-corrected chi connectivity index (χ3v) is 4.28. The van der Waals surface area contributed by atoms with Gasteiger partial charge in [-0.05, 0) is 36.4 Å². The van der Waals surface area contributed by atoms with E-state index >= 15 is 0 Å². The van der Waals surface area contributed by atoms with Gasteiger partial charge in [0.25, 0.3) is 0 Å². The summed E-state index contributed by atoms with van der Waals surface area (Å²) in [4.78, 5) is 14.7. The SMILES string of the molecule is N#Cc1ccc(Nc2cc(Oc3c(Cl)cc(Cl)cc3Cl)c([N+](=O)[O-])cn2)cc1. The van der Waals surface area contributed by atoms with Crippen LogP contribution in [0.15, 0.2) is 48.7 Å². The number of ether oxygens (including phenoxy) is 1. The third kappa shape index (κ3) is 4.43. The summed E-state index contributed by atoms with van der Waals surface area (Å²) in [6, 6.07) is 12.8. The van der Waals surface area contributed by atoms with E-state index in [0.29, 0.717) is 16.3 Å². The van der Waals surface area contributed by atoms with Crippen molar-refractivity contribution < 1.29 is 9.66 Å². The molecule has 0 saturated carbocycles. The van der Waals surface area contributed by atoms with Crippen molar-refractivity contribution in [1.29, 1.82) is 5.26 Å². The molecule has 0 atom stereocenters. The average Bonchev–Trinajstić information content (AvgIpc) is 2.65. The van der Waals surface area contributed by atoms with Crippen LogP contribution in [0.5, 0.6) is 11.5 Å².